The number of para-hydroxylation sites is 2. The summed E-state index contributed by atoms with van der Waals surface area (Å²) in [5.74, 6) is 2.98. The first kappa shape index (κ1) is 21.1. The number of H-pyrrole nitrogens is 2. The quantitative estimate of drug-likeness (QED) is 0.181. The van der Waals surface area contributed by atoms with Gasteiger partial charge < -0.3 is 21.4 Å². The Balaban J connectivity index is 1.35. The van der Waals surface area contributed by atoms with Crippen LogP contribution in [0.2, 0.25) is 0 Å². The van der Waals surface area contributed by atoms with Gasteiger partial charge in [-0.05, 0) is 19.1 Å². The third-order valence-corrected chi connectivity index (χ3v) is 6.34. The summed E-state index contributed by atoms with van der Waals surface area (Å²) >= 11 is 3.11. The highest BCUT2D eigenvalue weighted by atomic mass is 32.2. The molecule has 4 aromatic rings. The van der Waals surface area contributed by atoms with Crippen molar-refractivity contribution in [1.29, 1.82) is 0 Å². The fourth-order valence-corrected chi connectivity index (χ4v) is 4.77. The number of nitrogens with one attached hydrogen (secondary N) is 2. The Morgan fingerprint density at radius 1 is 1.16 bits per heavy atom. The fraction of sp³-hybridized carbons (Fsp3) is 0.250. The van der Waals surface area contributed by atoms with E-state index in [4.69, 9.17) is 11.5 Å². The third kappa shape index (κ3) is 5.30. The fourth-order valence-electron chi connectivity index (χ4n) is 3.12. The van der Waals surface area contributed by atoms with Crippen LogP contribution in [-0.2, 0) is 18.6 Å². The van der Waals surface area contributed by atoms with Gasteiger partial charge in [0.25, 0.3) is 5.56 Å². The van der Waals surface area contributed by atoms with E-state index < -0.39 is 0 Å². The van der Waals surface area contributed by atoms with Crippen LogP contribution in [0.25, 0.3) is 11.0 Å². The van der Waals surface area contributed by atoms with E-state index in [9.17, 15) is 4.79 Å². The summed E-state index contributed by atoms with van der Waals surface area (Å²) in [5, 5.41) is 2.49. The van der Waals surface area contributed by atoms with Crippen molar-refractivity contribution >= 4 is 45.2 Å². The number of guanidine groups is 1. The Morgan fingerprint density at radius 2 is 2.00 bits per heavy atom. The molecular formula is C20H22N8OS2. The number of hydrogen-bond donors (Lipinski definition) is 4. The number of hydrogen-bond acceptors (Lipinski definition) is 7. The van der Waals surface area contributed by atoms with Gasteiger partial charge in [-0.2, -0.15) is 21.7 Å². The molecule has 6 N–H and O–H groups in total. The molecule has 160 valence electrons. The van der Waals surface area contributed by atoms with Crippen LogP contribution in [0.3, 0.4) is 0 Å². The maximum absolute atomic E-state index is 12.6. The molecule has 0 aliphatic heterocycles. The number of benzene rings is 1. The average molecular weight is 455 g/mol. The molecule has 0 aliphatic rings. The summed E-state index contributed by atoms with van der Waals surface area (Å²) in [6.45, 7) is 1.90. The van der Waals surface area contributed by atoms with Gasteiger partial charge in [-0.25, -0.2) is 9.97 Å². The van der Waals surface area contributed by atoms with Gasteiger partial charge in [0.15, 0.2) is 5.96 Å². The van der Waals surface area contributed by atoms with E-state index in [0.29, 0.717) is 29.4 Å². The molecule has 0 aliphatic carbocycles. The van der Waals surface area contributed by atoms with Crippen LogP contribution in [-0.4, -0.2) is 36.6 Å². The number of aliphatic imine (C=N–C) groups is 1. The lowest BCUT2D eigenvalue weighted by Crippen LogP contribution is -2.21. The van der Waals surface area contributed by atoms with Gasteiger partial charge in [0.05, 0.1) is 16.7 Å². The molecule has 3 aromatic heterocycles. The number of nitrogens with zero attached hydrogens (tertiary/aromatic N) is 4. The smallest absolute Gasteiger partial charge is 0.276 e. The van der Waals surface area contributed by atoms with Crippen molar-refractivity contribution in [2.45, 2.75) is 25.5 Å². The summed E-state index contributed by atoms with van der Waals surface area (Å²) in [4.78, 5) is 36.2. The van der Waals surface area contributed by atoms with Gasteiger partial charge in [0.2, 0.25) is 5.13 Å². The van der Waals surface area contributed by atoms with Crippen LogP contribution in [0.1, 0.15) is 28.6 Å². The van der Waals surface area contributed by atoms with Crippen LogP contribution in [0.4, 0.5) is 5.13 Å². The number of thioether (sulfide) groups is 1. The molecule has 0 saturated heterocycles. The lowest BCUT2D eigenvalue weighted by Gasteiger charge is -2.07. The third-order valence-electron chi connectivity index (χ3n) is 4.56. The first-order chi connectivity index (χ1) is 15.0. The second-order valence-electron chi connectivity index (χ2n) is 6.93. The molecule has 0 bridgehead atoms. The first-order valence-corrected chi connectivity index (χ1v) is 11.7. The molecule has 0 unspecified atom stereocenters. The number of aromatic amines is 2. The minimum atomic E-state index is -0.210. The summed E-state index contributed by atoms with van der Waals surface area (Å²) in [5.41, 5.74) is 14.7. The van der Waals surface area contributed by atoms with E-state index in [1.54, 1.807) is 11.8 Å². The van der Waals surface area contributed by atoms with Crippen LogP contribution in [0.15, 0.2) is 39.4 Å². The molecule has 11 heteroatoms. The normalized spacial score (nSPS) is 11.1. The zero-order valence-electron chi connectivity index (χ0n) is 16.9. The number of nitrogens with two attached hydrogens (primary N) is 2. The number of thiazole rings is 1. The Bertz CT molecular complexity index is 1250. The Hall–Kier alpha value is -3.18. The van der Waals surface area contributed by atoms with Crippen LogP contribution >= 0.6 is 23.1 Å². The summed E-state index contributed by atoms with van der Waals surface area (Å²) in [7, 11) is 0. The molecule has 0 radical (unpaired) electrons. The molecule has 1 aromatic carbocycles. The van der Waals surface area contributed by atoms with Crippen molar-refractivity contribution in [2.75, 3.05) is 5.75 Å². The molecular weight excluding hydrogens is 432 g/mol. The molecule has 0 amide bonds. The number of rotatable bonds is 8. The summed E-state index contributed by atoms with van der Waals surface area (Å²) in [6, 6.07) is 7.80. The standard InChI is InChI=1S/C20H22N8OS2/c1-11-13(8-17-25-14-4-2-3-5-15(14)26-17)18(29)27-16(23-11)6-7-30-9-12-10-31-20(24-12)28-19(21)22/h2-5,10H,6-9H2,1H3,(H,25,26)(H,23,27,29)(H4,21,22,24,28). The predicted octanol–water partition coefficient (Wildman–Crippen LogP) is 2.38. The van der Waals surface area contributed by atoms with Crippen molar-refractivity contribution < 1.29 is 0 Å². The zero-order chi connectivity index (χ0) is 21.8. The Kier molecular flexibility index (Phi) is 6.33. The van der Waals surface area contributed by atoms with E-state index in [1.807, 2.05) is 36.6 Å². The molecule has 0 spiro atoms. The molecule has 0 saturated carbocycles. The SMILES string of the molecule is Cc1[nH]c(CCSCc2csc(N=C(N)N)n2)nc(=O)c1Cc1nc2ccccc2[nH]1. The van der Waals surface area contributed by atoms with Crippen molar-refractivity contribution in [3.63, 3.8) is 0 Å². The number of aromatic nitrogens is 5. The van der Waals surface area contributed by atoms with Crippen LogP contribution in [0.5, 0.6) is 0 Å². The van der Waals surface area contributed by atoms with Crippen LogP contribution < -0.4 is 17.0 Å². The van der Waals surface area contributed by atoms with E-state index in [2.05, 4.69) is 29.9 Å². The number of imidazole rings is 1. The molecule has 9 nitrogen and oxygen atoms in total. The van der Waals surface area contributed by atoms with Crippen molar-refractivity contribution in [3.8, 4) is 0 Å². The molecule has 4 rings (SSSR count). The van der Waals surface area contributed by atoms with E-state index >= 15 is 0 Å². The van der Waals surface area contributed by atoms with E-state index in [-0.39, 0.29) is 11.5 Å². The molecule has 31 heavy (non-hydrogen) atoms. The van der Waals surface area contributed by atoms with Gasteiger partial charge in [-0.15, -0.1) is 11.3 Å². The largest absolute Gasteiger partial charge is 0.370 e. The Morgan fingerprint density at radius 3 is 2.77 bits per heavy atom. The maximum Gasteiger partial charge on any atom is 0.276 e. The highest BCUT2D eigenvalue weighted by Gasteiger charge is 2.12. The second-order valence-corrected chi connectivity index (χ2v) is 8.87. The minimum Gasteiger partial charge on any atom is -0.370 e. The molecule has 3 heterocycles. The van der Waals surface area contributed by atoms with E-state index in [1.165, 1.54) is 11.3 Å². The topological polar surface area (TPSA) is 152 Å². The van der Waals surface area contributed by atoms with Crippen molar-refractivity contribution in [2.24, 2.45) is 16.5 Å². The zero-order valence-corrected chi connectivity index (χ0v) is 18.5. The van der Waals surface area contributed by atoms with Crippen molar-refractivity contribution in [3.05, 3.63) is 68.6 Å². The van der Waals surface area contributed by atoms with E-state index in [0.717, 1.165) is 39.8 Å². The summed E-state index contributed by atoms with van der Waals surface area (Å²) in [6.07, 6.45) is 1.08. The minimum absolute atomic E-state index is 0.00252. The highest BCUT2D eigenvalue weighted by Crippen LogP contribution is 2.22. The maximum atomic E-state index is 12.6. The van der Waals surface area contributed by atoms with Crippen molar-refractivity contribution in [1.82, 2.24) is 24.9 Å². The predicted molar refractivity (Wildman–Crippen MR) is 126 cm³/mol. The van der Waals surface area contributed by atoms with Gasteiger partial charge in [0.1, 0.15) is 11.6 Å². The van der Waals surface area contributed by atoms with Gasteiger partial charge in [-0.1, -0.05) is 12.1 Å². The molecule has 0 fully saturated rings. The monoisotopic (exact) mass is 454 g/mol. The second kappa shape index (κ2) is 9.31. The number of fused-ring (bicyclic) bond motifs is 1. The average Bonchev–Trinajstić information content (AvgIpc) is 3.33. The lowest BCUT2D eigenvalue weighted by molar-refractivity contribution is 0.863. The first-order valence-electron chi connectivity index (χ1n) is 9.62. The van der Waals surface area contributed by atoms with Gasteiger partial charge >= 0.3 is 0 Å². The van der Waals surface area contributed by atoms with Crippen LogP contribution in [0, 0.1) is 6.92 Å². The summed E-state index contributed by atoms with van der Waals surface area (Å²) < 4.78 is 0. The van der Waals surface area contributed by atoms with Gasteiger partial charge in [0, 0.05) is 41.0 Å². The van der Waals surface area contributed by atoms with Gasteiger partial charge in [-0.3, -0.25) is 4.79 Å². The molecule has 0 atom stereocenters. The Labute approximate surface area is 186 Å². The lowest BCUT2D eigenvalue weighted by atomic mass is 10.1. The highest BCUT2D eigenvalue weighted by molar-refractivity contribution is 7.98. The number of aryl methyl sites for hydroxylation is 2.